The standard InChI is InChI=1S/C20H20FN3O3/c21-16-7-3-14(4-8-16)12-22-18(25)13-23-20(27)15-5-9-17(10-6-15)24-11-1-2-19(24)26/h3-10H,1-2,11-13H2,(H,22,25)(H,23,27). The van der Waals surface area contributed by atoms with Gasteiger partial charge in [-0.15, -0.1) is 0 Å². The predicted molar refractivity (Wildman–Crippen MR) is 98.6 cm³/mol. The van der Waals surface area contributed by atoms with Gasteiger partial charge in [-0.3, -0.25) is 14.4 Å². The number of carbonyl (C=O) groups is 3. The van der Waals surface area contributed by atoms with E-state index in [9.17, 15) is 18.8 Å². The third-order valence-corrected chi connectivity index (χ3v) is 4.33. The second-order valence-corrected chi connectivity index (χ2v) is 6.28. The highest BCUT2D eigenvalue weighted by molar-refractivity contribution is 5.98. The van der Waals surface area contributed by atoms with E-state index in [0.29, 0.717) is 18.5 Å². The zero-order chi connectivity index (χ0) is 19.2. The molecule has 0 aromatic heterocycles. The summed E-state index contributed by atoms with van der Waals surface area (Å²) in [6, 6.07) is 12.5. The lowest BCUT2D eigenvalue weighted by atomic mass is 10.2. The van der Waals surface area contributed by atoms with Crippen LogP contribution < -0.4 is 15.5 Å². The Morgan fingerprint density at radius 3 is 2.33 bits per heavy atom. The molecule has 1 heterocycles. The minimum absolute atomic E-state index is 0.0880. The van der Waals surface area contributed by atoms with Gasteiger partial charge in [0.05, 0.1) is 6.54 Å². The second-order valence-electron chi connectivity index (χ2n) is 6.28. The molecule has 1 aliphatic rings. The first-order valence-electron chi connectivity index (χ1n) is 8.73. The highest BCUT2D eigenvalue weighted by Gasteiger charge is 2.21. The molecular weight excluding hydrogens is 349 g/mol. The fourth-order valence-corrected chi connectivity index (χ4v) is 2.84. The normalized spacial score (nSPS) is 13.5. The lowest BCUT2D eigenvalue weighted by molar-refractivity contribution is -0.120. The molecule has 1 saturated heterocycles. The van der Waals surface area contributed by atoms with Gasteiger partial charge in [-0.25, -0.2) is 4.39 Å². The molecular formula is C20H20FN3O3. The average molecular weight is 369 g/mol. The molecule has 1 fully saturated rings. The summed E-state index contributed by atoms with van der Waals surface area (Å²) in [5.41, 5.74) is 1.95. The number of rotatable bonds is 6. The van der Waals surface area contributed by atoms with Gasteiger partial charge in [-0.2, -0.15) is 0 Å². The van der Waals surface area contributed by atoms with Crippen LogP contribution in [-0.4, -0.2) is 30.8 Å². The molecule has 2 aromatic carbocycles. The monoisotopic (exact) mass is 369 g/mol. The molecule has 0 radical (unpaired) electrons. The number of carbonyl (C=O) groups excluding carboxylic acids is 3. The SMILES string of the molecule is O=C(CNC(=O)c1ccc(N2CCCC2=O)cc1)NCc1ccc(F)cc1. The van der Waals surface area contributed by atoms with E-state index in [1.807, 2.05) is 0 Å². The Labute approximate surface area is 156 Å². The molecule has 7 heteroatoms. The minimum Gasteiger partial charge on any atom is -0.350 e. The summed E-state index contributed by atoms with van der Waals surface area (Å²) in [5.74, 6) is -0.958. The van der Waals surface area contributed by atoms with Crippen molar-refractivity contribution >= 4 is 23.4 Å². The first-order chi connectivity index (χ1) is 13.0. The molecule has 27 heavy (non-hydrogen) atoms. The van der Waals surface area contributed by atoms with Crippen LogP contribution in [0.1, 0.15) is 28.8 Å². The zero-order valence-electron chi connectivity index (χ0n) is 14.7. The molecule has 2 aromatic rings. The second kappa shape index (κ2) is 8.44. The van der Waals surface area contributed by atoms with Gasteiger partial charge in [0.2, 0.25) is 11.8 Å². The summed E-state index contributed by atoms with van der Waals surface area (Å²) in [6.07, 6.45) is 1.39. The molecule has 0 bridgehead atoms. The number of hydrogen-bond donors (Lipinski definition) is 2. The minimum atomic E-state index is -0.369. The van der Waals surface area contributed by atoms with Gasteiger partial charge in [-0.05, 0) is 48.4 Å². The largest absolute Gasteiger partial charge is 0.350 e. The molecule has 2 N–H and O–H groups in total. The fourth-order valence-electron chi connectivity index (χ4n) is 2.84. The smallest absolute Gasteiger partial charge is 0.251 e. The number of nitrogens with one attached hydrogen (secondary N) is 2. The van der Waals surface area contributed by atoms with Crippen LogP contribution in [0.25, 0.3) is 0 Å². The summed E-state index contributed by atoms with van der Waals surface area (Å²) in [7, 11) is 0. The molecule has 0 aliphatic carbocycles. The number of benzene rings is 2. The van der Waals surface area contributed by atoms with Crippen LogP contribution in [0.15, 0.2) is 48.5 Å². The van der Waals surface area contributed by atoms with E-state index in [1.165, 1.54) is 12.1 Å². The molecule has 6 nitrogen and oxygen atoms in total. The number of amides is 3. The van der Waals surface area contributed by atoms with Crippen molar-refractivity contribution in [3.05, 3.63) is 65.5 Å². The maximum Gasteiger partial charge on any atom is 0.251 e. The summed E-state index contributed by atoms with van der Waals surface area (Å²) >= 11 is 0. The van der Waals surface area contributed by atoms with E-state index in [2.05, 4.69) is 10.6 Å². The molecule has 3 amide bonds. The maximum atomic E-state index is 12.8. The van der Waals surface area contributed by atoms with E-state index >= 15 is 0 Å². The summed E-state index contributed by atoms with van der Waals surface area (Å²) in [4.78, 5) is 37.4. The maximum absolute atomic E-state index is 12.8. The van der Waals surface area contributed by atoms with Crippen LogP contribution in [0.3, 0.4) is 0 Å². The molecule has 140 valence electrons. The Morgan fingerprint density at radius 1 is 1.00 bits per heavy atom. The Balaban J connectivity index is 1.46. The van der Waals surface area contributed by atoms with E-state index in [0.717, 1.165) is 17.7 Å². The van der Waals surface area contributed by atoms with Gasteiger partial charge in [0.1, 0.15) is 5.82 Å². The van der Waals surface area contributed by atoms with Gasteiger partial charge in [0, 0.05) is 30.8 Å². The lowest BCUT2D eigenvalue weighted by Gasteiger charge is -2.15. The van der Waals surface area contributed by atoms with Crippen molar-refractivity contribution < 1.29 is 18.8 Å². The lowest BCUT2D eigenvalue weighted by Crippen LogP contribution is -2.36. The van der Waals surface area contributed by atoms with Crippen LogP contribution in [0.5, 0.6) is 0 Å². The van der Waals surface area contributed by atoms with Crippen molar-refractivity contribution in [2.75, 3.05) is 18.0 Å². The van der Waals surface area contributed by atoms with Crippen LogP contribution in [0.2, 0.25) is 0 Å². The van der Waals surface area contributed by atoms with Gasteiger partial charge < -0.3 is 15.5 Å². The predicted octanol–water partition coefficient (Wildman–Crippen LogP) is 2.00. The molecule has 0 spiro atoms. The molecule has 0 saturated carbocycles. The van der Waals surface area contributed by atoms with Crippen LogP contribution >= 0.6 is 0 Å². The van der Waals surface area contributed by atoms with Crippen molar-refractivity contribution in [3.8, 4) is 0 Å². The summed E-state index contributed by atoms with van der Waals surface area (Å²) in [6.45, 7) is 0.790. The van der Waals surface area contributed by atoms with E-state index in [4.69, 9.17) is 0 Å². The Kier molecular flexibility index (Phi) is 5.80. The Morgan fingerprint density at radius 2 is 1.70 bits per heavy atom. The first-order valence-corrected chi connectivity index (χ1v) is 8.73. The molecule has 0 atom stereocenters. The highest BCUT2D eigenvalue weighted by Crippen LogP contribution is 2.21. The average Bonchev–Trinajstić information content (AvgIpc) is 3.11. The zero-order valence-corrected chi connectivity index (χ0v) is 14.7. The fraction of sp³-hybridized carbons (Fsp3) is 0.250. The molecule has 0 unspecified atom stereocenters. The van der Waals surface area contributed by atoms with Gasteiger partial charge >= 0.3 is 0 Å². The topological polar surface area (TPSA) is 78.5 Å². The summed E-state index contributed by atoms with van der Waals surface area (Å²) in [5, 5.41) is 5.21. The number of halogens is 1. The van der Waals surface area contributed by atoms with Crippen molar-refractivity contribution in [2.45, 2.75) is 19.4 Å². The number of hydrogen-bond acceptors (Lipinski definition) is 3. The Bertz CT molecular complexity index is 835. The Hall–Kier alpha value is -3.22. The summed E-state index contributed by atoms with van der Waals surface area (Å²) < 4.78 is 12.8. The van der Waals surface area contributed by atoms with Gasteiger partial charge in [0.15, 0.2) is 0 Å². The van der Waals surface area contributed by atoms with Gasteiger partial charge in [0.25, 0.3) is 5.91 Å². The number of anilines is 1. The van der Waals surface area contributed by atoms with Crippen molar-refractivity contribution in [1.29, 1.82) is 0 Å². The third kappa shape index (κ3) is 4.91. The van der Waals surface area contributed by atoms with E-state index in [-0.39, 0.29) is 36.6 Å². The van der Waals surface area contributed by atoms with Crippen LogP contribution in [0, 0.1) is 5.82 Å². The molecule has 3 rings (SSSR count). The van der Waals surface area contributed by atoms with E-state index in [1.54, 1.807) is 41.3 Å². The first kappa shape index (κ1) is 18.6. The van der Waals surface area contributed by atoms with Crippen molar-refractivity contribution in [3.63, 3.8) is 0 Å². The van der Waals surface area contributed by atoms with Gasteiger partial charge in [-0.1, -0.05) is 12.1 Å². The number of nitrogens with zero attached hydrogens (tertiary/aromatic N) is 1. The highest BCUT2D eigenvalue weighted by atomic mass is 19.1. The van der Waals surface area contributed by atoms with Crippen molar-refractivity contribution in [2.24, 2.45) is 0 Å². The quantitative estimate of drug-likeness (QED) is 0.818. The van der Waals surface area contributed by atoms with E-state index < -0.39 is 0 Å². The van der Waals surface area contributed by atoms with Crippen LogP contribution in [-0.2, 0) is 16.1 Å². The third-order valence-electron chi connectivity index (χ3n) is 4.33. The molecule has 1 aliphatic heterocycles. The van der Waals surface area contributed by atoms with Crippen LogP contribution in [0.4, 0.5) is 10.1 Å². The van der Waals surface area contributed by atoms with Crippen molar-refractivity contribution in [1.82, 2.24) is 10.6 Å².